The van der Waals surface area contributed by atoms with Crippen LogP contribution in [0.3, 0.4) is 0 Å². The van der Waals surface area contributed by atoms with Crippen LogP contribution >= 0.6 is 0 Å². The lowest BCUT2D eigenvalue weighted by molar-refractivity contribution is -0.141. The number of carboxylic acid groups (broad SMARTS) is 1. The van der Waals surface area contributed by atoms with E-state index in [9.17, 15) is 4.79 Å². The first kappa shape index (κ1) is 13.7. The summed E-state index contributed by atoms with van der Waals surface area (Å²) in [5, 5.41) is 9.06. The van der Waals surface area contributed by atoms with Crippen molar-refractivity contribution in [2.75, 3.05) is 13.2 Å². The molecule has 1 aliphatic rings. The maximum atomic E-state index is 11.0. The molecule has 1 atom stereocenters. The lowest BCUT2D eigenvalue weighted by atomic mass is 9.90. The van der Waals surface area contributed by atoms with Crippen LogP contribution in [-0.2, 0) is 11.2 Å². The topological polar surface area (TPSA) is 55.8 Å². The van der Waals surface area contributed by atoms with E-state index in [0.29, 0.717) is 25.6 Å². The van der Waals surface area contributed by atoms with Gasteiger partial charge >= 0.3 is 5.97 Å². The van der Waals surface area contributed by atoms with Gasteiger partial charge in [0.2, 0.25) is 0 Å². The minimum absolute atomic E-state index is 0.326. The molecule has 1 aromatic carbocycles. The molecule has 2 rings (SSSR count). The van der Waals surface area contributed by atoms with Crippen LogP contribution in [-0.4, -0.2) is 24.3 Å². The smallest absolute Gasteiger partial charge is 0.306 e. The van der Waals surface area contributed by atoms with Gasteiger partial charge in [-0.2, -0.15) is 0 Å². The summed E-state index contributed by atoms with van der Waals surface area (Å²) >= 11 is 0. The summed E-state index contributed by atoms with van der Waals surface area (Å²) < 4.78 is 11.1. The van der Waals surface area contributed by atoms with E-state index in [2.05, 4.69) is 13.8 Å². The predicted octanol–water partition coefficient (Wildman–Crippen LogP) is 2.84. The molecule has 4 nitrogen and oxygen atoms in total. The second kappa shape index (κ2) is 5.51. The number of benzene rings is 1. The third-order valence-electron chi connectivity index (χ3n) is 3.37. The number of hydrogen-bond acceptors (Lipinski definition) is 3. The third-order valence-corrected chi connectivity index (χ3v) is 3.37. The van der Waals surface area contributed by atoms with Crippen LogP contribution in [0, 0.1) is 5.92 Å². The monoisotopic (exact) mass is 264 g/mol. The Bertz CT molecular complexity index is 479. The highest BCUT2D eigenvalue weighted by atomic mass is 16.6. The Morgan fingerprint density at radius 1 is 1.21 bits per heavy atom. The number of carboxylic acids is 1. The van der Waals surface area contributed by atoms with Crippen LogP contribution in [0.2, 0.25) is 0 Å². The van der Waals surface area contributed by atoms with Gasteiger partial charge in [-0.25, -0.2) is 0 Å². The Kier molecular flexibility index (Phi) is 3.98. The van der Waals surface area contributed by atoms with E-state index in [0.717, 1.165) is 22.6 Å². The standard InChI is InChI=1S/C15H20O4/c1-9(2)12-8-14-13(18-4-5-19-14)7-11(12)6-10(3)15(16)17/h7-10H,4-6H2,1-3H3,(H,16,17). The SMILES string of the molecule is CC(Cc1cc2c(cc1C(C)C)OCCO2)C(=O)O. The summed E-state index contributed by atoms with van der Waals surface area (Å²) in [6.07, 6.45) is 0.513. The van der Waals surface area contributed by atoms with E-state index in [1.54, 1.807) is 6.92 Å². The van der Waals surface area contributed by atoms with Crippen molar-refractivity contribution in [1.82, 2.24) is 0 Å². The highest BCUT2D eigenvalue weighted by Gasteiger charge is 2.20. The highest BCUT2D eigenvalue weighted by Crippen LogP contribution is 2.36. The first-order valence-electron chi connectivity index (χ1n) is 6.64. The fourth-order valence-corrected chi connectivity index (χ4v) is 2.28. The first-order chi connectivity index (χ1) is 8.99. The minimum atomic E-state index is -0.774. The van der Waals surface area contributed by atoms with E-state index >= 15 is 0 Å². The van der Waals surface area contributed by atoms with Crippen molar-refractivity contribution in [3.8, 4) is 11.5 Å². The Morgan fingerprint density at radius 3 is 2.32 bits per heavy atom. The molecule has 0 saturated heterocycles. The van der Waals surface area contributed by atoms with Gasteiger partial charge in [0.1, 0.15) is 13.2 Å². The van der Waals surface area contributed by atoms with Gasteiger partial charge in [-0.05, 0) is 35.6 Å². The van der Waals surface area contributed by atoms with Crippen LogP contribution < -0.4 is 9.47 Å². The molecular formula is C15H20O4. The zero-order valence-electron chi connectivity index (χ0n) is 11.6. The molecule has 0 bridgehead atoms. The Hall–Kier alpha value is -1.71. The largest absolute Gasteiger partial charge is 0.486 e. The fraction of sp³-hybridized carbons (Fsp3) is 0.533. The van der Waals surface area contributed by atoms with Crippen LogP contribution in [0.4, 0.5) is 0 Å². The number of ether oxygens (including phenoxy) is 2. The minimum Gasteiger partial charge on any atom is -0.486 e. The number of carbonyl (C=O) groups is 1. The maximum absolute atomic E-state index is 11.0. The lowest BCUT2D eigenvalue weighted by Crippen LogP contribution is -2.18. The number of rotatable bonds is 4. The molecule has 4 heteroatoms. The zero-order valence-corrected chi connectivity index (χ0v) is 11.6. The van der Waals surface area contributed by atoms with E-state index < -0.39 is 11.9 Å². The number of aliphatic carboxylic acids is 1. The molecule has 0 saturated carbocycles. The normalized spacial score (nSPS) is 15.4. The van der Waals surface area contributed by atoms with Crippen LogP contribution in [0.1, 0.15) is 37.8 Å². The van der Waals surface area contributed by atoms with Crippen molar-refractivity contribution < 1.29 is 19.4 Å². The second-order valence-electron chi connectivity index (χ2n) is 5.29. The van der Waals surface area contributed by atoms with Gasteiger partial charge in [0.25, 0.3) is 0 Å². The number of hydrogen-bond donors (Lipinski definition) is 1. The van der Waals surface area contributed by atoms with Crippen molar-refractivity contribution in [3.63, 3.8) is 0 Å². The summed E-state index contributed by atoms with van der Waals surface area (Å²) in [4.78, 5) is 11.0. The third kappa shape index (κ3) is 3.00. The van der Waals surface area contributed by atoms with Crippen LogP contribution in [0.15, 0.2) is 12.1 Å². The van der Waals surface area contributed by atoms with Gasteiger partial charge in [-0.1, -0.05) is 20.8 Å². The van der Waals surface area contributed by atoms with Crippen LogP contribution in [0.25, 0.3) is 0 Å². The summed E-state index contributed by atoms with van der Waals surface area (Å²) in [6, 6.07) is 3.92. The maximum Gasteiger partial charge on any atom is 0.306 e. The predicted molar refractivity (Wildman–Crippen MR) is 72.0 cm³/mol. The van der Waals surface area contributed by atoms with Gasteiger partial charge in [-0.15, -0.1) is 0 Å². The molecule has 0 amide bonds. The van der Waals surface area contributed by atoms with Crippen LogP contribution in [0.5, 0.6) is 11.5 Å². The summed E-state index contributed by atoms with van der Waals surface area (Å²) in [7, 11) is 0. The molecule has 0 aromatic heterocycles. The van der Waals surface area contributed by atoms with Crippen molar-refractivity contribution in [2.24, 2.45) is 5.92 Å². The summed E-state index contributed by atoms with van der Waals surface area (Å²) in [5.41, 5.74) is 2.17. The molecule has 1 heterocycles. The van der Waals surface area contributed by atoms with E-state index in [-0.39, 0.29) is 0 Å². The molecule has 0 spiro atoms. The Balaban J connectivity index is 2.37. The molecular weight excluding hydrogens is 244 g/mol. The first-order valence-corrected chi connectivity index (χ1v) is 6.64. The van der Waals surface area contributed by atoms with Crippen molar-refractivity contribution in [1.29, 1.82) is 0 Å². The molecule has 0 radical (unpaired) electrons. The average Bonchev–Trinajstić information content (AvgIpc) is 2.37. The molecule has 1 N–H and O–H groups in total. The van der Waals surface area contributed by atoms with Gasteiger partial charge in [0, 0.05) is 0 Å². The molecule has 1 unspecified atom stereocenters. The summed E-state index contributed by atoms with van der Waals surface area (Å²) in [5.74, 6) is 0.640. The van der Waals surface area contributed by atoms with Gasteiger partial charge in [-0.3, -0.25) is 4.79 Å². The van der Waals surface area contributed by atoms with Gasteiger partial charge in [0.05, 0.1) is 5.92 Å². The molecule has 0 aliphatic carbocycles. The van der Waals surface area contributed by atoms with Crippen molar-refractivity contribution in [3.05, 3.63) is 23.3 Å². The highest BCUT2D eigenvalue weighted by molar-refractivity contribution is 5.70. The molecule has 104 valence electrons. The fourth-order valence-electron chi connectivity index (χ4n) is 2.28. The molecule has 1 aliphatic heterocycles. The zero-order chi connectivity index (χ0) is 14.0. The van der Waals surface area contributed by atoms with E-state index in [1.807, 2.05) is 12.1 Å². The van der Waals surface area contributed by atoms with E-state index in [1.165, 1.54) is 0 Å². The summed E-state index contributed by atoms with van der Waals surface area (Å²) in [6.45, 7) is 7.03. The molecule has 0 fully saturated rings. The van der Waals surface area contributed by atoms with Gasteiger partial charge in [0.15, 0.2) is 11.5 Å². The molecule has 19 heavy (non-hydrogen) atoms. The molecule has 1 aromatic rings. The Morgan fingerprint density at radius 2 is 1.79 bits per heavy atom. The second-order valence-corrected chi connectivity index (χ2v) is 5.29. The number of fused-ring (bicyclic) bond motifs is 1. The average molecular weight is 264 g/mol. The van der Waals surface area contributed by atoms with Gasteiger partial charge < -0.3 is 14.6 Å². The van der Waals surface area contributed by atoms with E-state index in [4.69, 9.17) is 14.6 Å². The Labute approximate surface area is 113 Å². The van der Waals surface area contributed by atoms with Crippen molar-refractivity contribution in [2.45, 2.75) is 33.1 Å². The van der Waals surface area contributed by atoms with Crippen molar-refractivity contribution >= 4 is 5.97 Å². The quantitative estimate of drug-likeness (QED) is 0.908. The lowest BCUT2D eigenvalue weighted by Gasteiger charge is -2.23.